The highest BCUT2D eigenvalue weighted by atomic mass is 16.4. The van der Waals surface area contributed by atoms with Crippen molar-refractivity contribution in [1.82, 2.24) is 0 Å². The zero-order chi connectivity index (χ0) is 20.9. The van der Waals surface area contributed by atoms with Gasteiger partial charge in [0.05, 0.1) is 5.92 Å². The maximum Gasteiger partial charge on any atom is 0.306 e. The van der Waals surface area contributed by atoms with Gasteiger partial charge in [-0.3, -0.25) is 9.59 Å². The van der Waals surface area contributed by atoms with Crippen LogP contribution in [0.1, 0.15) is 110 Å². The van der Waals surface area contributed by atoms with Gasteiger partial charge in [-0.15, -0.1) is 0 Å². The van der Waals surface area contributed by atoms with Crippen LogP contribution >= 0.6 is 0 Å². The second-order valence-corrected chi connectivity index (χ2v) is 7.37. The molecule has 0 aliphatic heterocycles. The van der Waals surface area contributed by atoms with Crippen molar-refractivity contribution >= 4 is 11.9 Å². The molecule has 0 saturated carbocycles. The van der Waals surface area contributed by atoms with Crippen LogP contribution in [-0.4, -0.2) is 22.2 Å². The molecule has 158 valence electrons. The third kappa shape index (κ3) is 18.8. The molecule has 28 heavy (non-hydrogen) atoms. The van der Waals surface area contributed by atoms with E-state index in [-0.39, 0.29) is 5.92 Å². The number of carbonyl (C=O) groups is 2. The summed E-state index contributed by atoms with van der Waals surface area (Å²) in [5.74, 6) is 10.5. The standard InChI is InChI=1S/C24H38O4/c1-2-22(24(27)28)20-18-16-14-12-10-8-6-4-3-5-7-9-11-13-15-17-19-21-23(25)26/h22H,2,5,7,9-21H2,1H3,(H,25,26)(H,27,28). The SMILES string of the molecule is CCC(CCCCCCC#CC#CCCCCCCCCCC(=O)O)C(=O)O. The summed E-state index contributed by atoms with van der Waals surface area (Å²) in [7, 11) is 0. The van der Waals surface area contributed by atoms with Gasteiger partial charge in [0.1, 0.15) is 0 Å². The van der Waals surface area contributed by atoms with E-state index in [1.54, 1.807) is 0 Å². The summed E-state index contributed by atoms with van der Waals surface area (Å²) in [5.41, 5.74) is 0. The Labute approximate surface area is 171 Å². The van der Waals surface area contributed by atoms with Gasteiger partial charge in [0, 0.05) is 19.3 Å². The van der Waals surface area contributed by atoms with Gasteiger partial charge in [0.25, 0.3) is 0 Å². The van der Waals surface area contributed by atoms with Crippen LogP contribution in [0.25, 0.3) is 0 Å². The zero-order valence-corrected chi connectivity index (χ0v) is 17.6. The molecule has 0 aromatic rings. The molecule has 0 heterocycles. The molecule has 0 rings (SSSR count). The lowest BCUT2D eigenvalue weighted by atomic mass is 9.98. The van der Waals surface area contributed by atoms with E-state index in [9.17, 15) is 9.59 Å². The lowest BCUT2D eigenvalue weighted by Gasteiger charge is -2.08. The molecule has 0 saturated heterocycles. The fourth-order valence-corrected chi connectivity index (χ4v) is 3.05. The van der Waals surface area contributed by atoms with Crippen LogP contribution in [0, 0.1) is 29.6 Å². The Morgan fingerprint density at radius 3 is 1.64 bits per heavy atom. The minimum Gasteiger partial charge on any atom is -0.481 e. The third-order valence-electron chi connectivity index (χ3n) is 4.88. The Balaban J connectivity index is 3.40. The van der Waals surface area contributed by atoms with Crippen LogP contribution in [0.4, 0.5) is 0 Å². The number of unbranched alkanes of at least 4 members (excludes halogenated alkanes) is 11. The van der Waals surface area contributed by atoms with E-state index in [1.165, 1.54) is 19.3 Å². The molecule has 1 atom stereocenters. The molecule has 0 radical (unpaired) electrons. The smallest absolute Gasteiger partial charge is 0.306 e. The molecule has 1 unspecified atom stereocenters. The van der Waals surface area contributed by atoms with E-state index in [2.05, 4.69) is 23.7 Å². The van der Waals surface area contributed by atoms with Gasteiger partial charge in [-0.25, -0.2) is 0 Å². The maximum absolute atomic E-state index is 10.9. The van der Waals surface area contributed by atoms with Gasteiger partial charge in [-0.05, 0) is 43.9 Å². The summed E-state index contributed by atoms with van der Waals surface area (Å²) in [6, 6.07) is 0. The number of carboxylic acids is 2. The number of hydrogen-bond acceptors (Lipinski definition) is 2. The van der Waals surface area contributed by atoms with Gasteiger partial charge in [-0.2, -0.15) is 0 Å². The quantitative estimate of drug-likeness (QED) is 0.234. The van der Waals surface area contributed by atoms with E-state index < -0.39 is 11.9 Å². The molecule has 0 amide bonds. The average molecular weight is 391 g/mol. The van der Waals surface area contributed by atoms with Gasteiger partial charge >= 0.3 is 11.9 Å². The Morgan fingerprint density at radius 1 is 0.714 bits per heavy atom. The van der Waals surface area contributed by atoms with Crippen molar-refractivity contribution in [3.63, 3.8) is 0 Å². The Hall–Kier alpha value is -1.94. The predicted octanol–water partition coefficient (Wildman–Crippen LogP) is 6.04. The molecule has 0 spiro atoms. The summed E-state index contributed by atoms with van der Waals surface area (Å²) < 4.78 is 0. The second kappa shape index (κ2) is 19.8. The van der Waals surface area contributed by atoms with Gasteiger partial charge in [-0.1, -0.05) is 70.1 Å². The van der Waals surface area contributed by atoms with Gasteiger partial charge in [0.2, 0.25) is 0 Å². The Kier molecular flexibility index (Phi) is 18.4. The largest absolute Gasteiger partial charge is 0.481 e. The molecule has 0 bridgehead atoms. The third-order valence-corrected chi connectivity index (χ3v) is 4.88. The monoisotopic (exact) mass is 390 g/mol. The molecule has 0 fully saturated rings. The first-order valence-electron chi connectivity index (χ1n) is 11.0. The minimum atomic E-state index is -0.695. The zero-order valence-electron chi connectivity index (χ0n) is 17.6. The van der Waals surface area contributed by atoms with Crippen LogP contribution in [0.2, 0.25) is 0 Å². The van der Waals surface area contributed by atoms with Gasteiger partial charge in [0.15, 0.2) is 0 Å². The molecule has 4 heteroatoms. The topological polar surface area (TPSA) is 74.6 Å². The Bertz CT molecular complexity index is 530. The summed E-state index contributed by atoms with van der Waals surface area (Å²) >= 11 is 0. The van der Waals surface area contributed by atoms with E-state index >= 15 is 0 Å². The van der Waals surface area contributed by atoms with Gasteiger partial charge < -0.3 is 10.2 Å². The minimum absolute atomic E-state index is 0.182. The van der Waals surface area contributed by atoms with E-state index in [0.717, 1.165) is 70.6 Å². The van der Waals surface area contributed by atoms with Crippen LogP contribution in [-0.2, 0) is 9.59 Å². The number of aliphatic carboxylic acids is 2. The molecule has 0 aromatic heterocycles. The maximum atomic E-state index is 10.9. The van der Waals surface area contributed by atoms with Crippen molar-refractivity contribution in [2.75, 3.05) is 0 Å². The van der Waals surface area contributed by atoms with E-state index in [0.29, 0.717) is 12.8 Å². The van der Waals surface area contributed by atoms with E-state index in [4.69, 9.17) is 10.2 Å². The highest BCUT2D eigenvalue weighted by Crippen LogP contribution is 2.14. The summed E-state index contributed by atoms with van der Waals surface area (Å²) in [6.07, 6.45) is 15.4. The summed E-state index contributed by atoms with van der Waals surface area (Å²) in [4.78, 5) is 21.3. The number of hydrogen-bond donors (Lipinski definition) is 2. The van der Waals surface area contributed by atoms with Crippen LogP contribution < -0.4 is 0 Å². The van der Waals surface area contributed by atoms with Crippen LogP contribution in [0.3, 0.4) is 0 Å². The first-order valence-corrected chi connectivity index (χ1v) is 11.0. The van der Waals surface area contributed by atoms with E-state index in [1.807, 2.05) is 6.92 Å². The first-order chi connectivity index (χ1) is 13.6. The summed E-state index contributed by atoms with van der Waals surface area (Å²) in [5, 5.41) is 17.5. The van der Waals surface area contributed by atoms with Crippen molar-refractivity contribution in [3.05, 3.63) is 0 Å². The molecule has 2 N–H and O–H groups in total. The molecule has 0 aromatic carbocycles. The number of rotatable bonds is 17. The lowest BCUT2D eigenvalue weighted by Crippen LogP contribution is -2.12. The van der Waals surface area contributed by atoms with Crippen molar-refractivity contribution in [3.8, 4) is 23.7 Å². The molecule has 0 aliphatic rings. The van der Waals surface area contributed by atoms with Crippen molar-refractivity contribution in [2.45, 2.75) is 110 Å². The number of carboxylic acid groups (broad SMARTS) is 2. The average Bonchev–Trinajstić information content (AvgIpc) is 2.66. The highest BCUT2D eigenvalue weighted by molar-refractivity contribution is 5.69. The lowest BCUT2D eigenvalue weighted by molar-refractivity contribution is -0.142. The normalized spacial score (nSPS) is 11.0. The molecular formula is C24H38O4. The molecule has 4 nitrogen and oxygen atoms in total. The van der Waals surface area contributed by atoms with Crippen LogP contribution in [0.15, 0.2) is 0 Å². The first kappa shape index (κ1) is 26.1. The molecule has 0 aliphatic carbocycles. The highest BCUT2D eigenvalue weighted by Gasteiger charge is 2.13. The van der Waals surface area contributed by atoms with Crippen molar-refractivity contribution in [2.24, 2.45) is 5.92 Å². The fourth-order valence-electron chi connectivity index (χ4n) is 3.05. The summed E-state index contributed by atoms with van der Waals surface area (Å²) in [6.45, 7) is 1.93. The second-order valence-electron chi connectivity index (χ2n) is 7.37. The van der Waals surface area contributed by atoms with Crippen molar-refractivity contribution < 1.29 is 19.8 Å². The Morgan fingerprint density at radius 2 is 1.18 bits per heavy atom. The molecular weight excluding hydrogens is 352 g/mol. The van der Waals surface area contributed by atoms with Crippen molar-refractivity contribution in [1.29, 1.82) is 0 Å². The van der Waals surface area contributed by atoms with Crippen LogP contribution in [0.5, 0.6) is 0 Å². The fraction of sp³-hybridized carbons (Fsp3) is 0.750. The predicted molar refractivity (Wildman–Crippen MR) is 114 cm³/mol.